The zero-order valence-electron chi connectivity index (χ0n) is 16.4. The van der Waals surface area contributed by atoms with Crippen molar-refractivity contribution in [3.05, 3.63) is 60.0 Å². The van der Waals surface area contributed by atoms with Gasteiger partial charge in [0.1, 0.15) is 12.2 Å². The monoisotopic (exact) mass is 467 g/mol. The smallest absolute Gasteiger partial charge is 0.433 e. The summed E-state index contributed by atoms with van der Waals surface area (Å²) in [5.41, 5.74) is 1.23. The number of anilines is 2. The number of pyridine rings is 1. The van der Waals surface area contributed by atoms with Crippen molar-refractivity contribution in [3.63, 3.8) is 0 Å². The van der Waals surface area contributed by atoms with Crippen LogP contribution in [0.15, 0.2) is 53.8 Å². The van der Waals surface area contributed by atoms with Crippen LogP contribution in [0.1, 0.15) is 11.3 Å². The highest BCUT2D eigenvalue weighted by atomic mass is 32.2. The van der Waals surface area contributed by atoms with E-state index in [1.165, 1.54) is 18.3 Å². The van der Waals surface area contributed by atoms with E-state index in [2.05, 4.69) is 20.3 Å². The van der Waals surface area contributed by atoms with Gasteiger partial charge in [0, 0.05) is 23.6 Å². The molecule has 0 unspecified atom stereocenters. The predicted molar refractivity (Wildman–Crippen MR) is 108 cm³/mol. The number of aliphatic carboxylic acids is 1. The van der Waals surface area contributed by atoms with Crippen LogP contribution in [0.3, 0.4) is 0 Å². The molecule has 0 aliphatic carbocycles. The first-order chi connectivity index (χ1) is 14.9. The second-order valence-electron chi connectivity index (χ2n) is 6.58. The van der Waals surface area contributed by atoms with E-state index in [0.29, 0.717) is 16.8 Å². The van der Waals surface area contributed by atoms with Crippen molar-refractivity contribution in [3.8, 4) is 11.1 Å². The second-order valence-corrected chi connectivity index (χ2v) is 8.29. The topological polar surface area (TPSA) is 134 Å². The Hall–Kier alpha value is -3.58. The summed E-state index contributed by atoms with van der Waals surface area (Å²) in [5.74, 6) is -1.57. The van der Waals surface area contributed by atoms with Crippen molar-refractivity contribution < 1.29 is 31.5 Å². The normalized spacial score (nSPS) is 11.9. The maximum atomic E-state index is 12.9. The average molecular weight is 467 g/mol. The van der Waals surface area contributed by atoms with E-state index in [4.69, 9.17) is 5.11 Å². The highest BCUT2D eigenvalue weighted by Crippen LogP contribution is 2.29. The Morgan fingerprint density at radius 3 is 2.47 bits per heavy atom. The fourth-order valence-corrected chi connectivity index (χ4v) is 3.57. The van der Waals surface area contributed by atoms with Gasteiger partial charge in [-0.3, -0.25) is 4.79 Å². The molecule has 168 valence electrons. The van der Waals surface area contributed by atoms with Crippen molar-refractivity contribution in [1.82, 2.24) is 19.7 Å². The van der Waals surface area contributed by atoms with Gasteiger partial charge in [-0.15, -0.1) is 0 Å². The van der Waals surface area contributed by atoms with Crippen molar-refractivity contribution in [1.29, 1.82) is 0 Å². The van der Waals surface area contributed by atoms with E-state index in [1.807, 2.05) is 4.72 Å². The number of carboxylic acid groups (broad SMARTS) is 1. The largest absolute Gasteiger partial charge is 0.480 e. The summed E-state index contributed by atoms with van der Waals surface area (Å²) in [6.45, 7) is 0.986. The van der Waals surface area contributed by atoms with E-state index in [1.54, 1.807) is 25.1 Å². The van der Waals surface area contributed by atoms with Crippen LogP contribution in [0.2, 0.25) is 0 Å². The van der Waals surface area contributed by atoms with Crippen LogP contribution in [-0.4, -0.2) is 41.0 Å². The molecule has 32 heavy (non-hydrogen) atoms. The van der Waals surface area contributed by atoms with Gasteiger partial charge < -0.3 is 10.4 Å². The van der Waals surface area contributed by atoms with E-state index < -0.39 is 34.4 Å². The third-order valence-corrected chi connectivity index (χ3v) is 5.35. The number of hydrogen-bond donors (Lipinski definition) is 3. The van der Waals surface area contributed by atoms with Crippen molar-refractivity contribution >= 4 is 27.6 Å². The molecule has 3 aromatic rings. The van der Waals surface area contributed by atoms with Crippen LogP contribution in [0.25, 0.3) is 11.1 Å². The molecule has 1 aromatic carbocycles. The molecule has 3 N–H and O–H groups in total. The van der Waals surface area contributed by atoms with Gasteiger partial charge in [0.05, 0.1) is 0 Å². The molecule has 0 fully saturated rings. The summed E-state index contributed by atoms with van der Waals surface area (Å²) >= 11 is 0. The van der Waals surface area contributed by atoms with Crippen LogP contribution < -0.4 is 10.0 Å². The van der Waals surface area contributed by atoms with Gasteiger partial charge in [-0.05, 0) is 48.4 Å². The first-order valence-electron chi connectivity index (χ1n) is 8.91. The summed E-state index contributed by atoms with van der Waals surface area (Å²) in [5, 5.41) is 11.0. The van der Waals surface area contributed by atoms with Gasteiger partial charge in [0.2, 0.25) is 5.95 Å². The molecule has 0 bridgehead atoms. The first-order valence-corrected chi connectivity index (χ1v) is 10.4. The number of sulfonamides is 1. The first kappa shape index (κ1) is 23.1. The number of hydrogen-bond acceptors (Lipinski definition) is 7. The number of nitrogens with one attached hydrogen (secondary N) is 2. The van der Waals surface area contributed by atoms with Crippen LogP contribution in [-0.2, 0) is 21.0 Å². The zero-order valence-corrected chi connectivity index (χ0v) is 17.2. The molecule has 9 nitrogen and oxygen atoms in total. The Bertz CT molecular complexity index is 1250. The van der Waals surface area contributed by atoms with Gasteiger partial charge in [-0.1, -0.05) is 6.07 Å². The highest BCUT2D eigenvalue weighted by molar-refractivity contribution is 7.89. The molecular formula is C19H16F3N5O4S. The summed E-state index contributed by atoms with van der Waals surface area (Å²) in [6.07, 6.45) is -2.32. The molecule has 13 heteroatoms. The Balaban J connectivity index is 1.85. The number of halogens is 3. The van der Waals surface area contributed by atoms with Gasteiger partial charge in [-0.25, -0.2) is 23.4 Å². The Labute approximate surface area is 180 Å². The maximum absolute atomic E-state index is 12.9. The van der Waals surface area contributed by atoms with Gasteiger partial charge in [0.25, 0.3) is 10.0 Å². The number of carboxylic acids is 1. The molecule has 0 amide bonds. The minimum Gasteiger partial charge on any atom is -0.480 e. The number of alkyl halides is 3. The summed E-state index contributed by atoms with van der Waals surface area (Å²) < 4.78 is 64.6. The number of aryl methyl sites for hydroxylation is 1. The molecule has 3 rings (SSSR count). The second kappa shape index (κ2) is 8.88. The molecule has 0 atom stereocenters. The number of carbonyl (C=O) groups is 1. The molecule has 2 aromatic heterocycles. The zero-order chi connectivity index (χ0) is 23.5. The van der Waals surface area contributed by atoms with Crippen LogP contribution in [0.4, 0.5) is 24.8 Å². The van der Waals surface area contributed by atoms with Gasteiger partial charge in [-0.2, -0.15) is 17.9 Å². The molecule has 0 radical (unpaired) electrons. The van der Waals surface area contributed by atoms with Crippen LogP contribution >= 0.6 is 0 Å². The lowest BCUT2D eigenvalue weighted by Gasteiger charge is -2.11. The van der Waals surface area contributed by atoms with Crippen molar-refractivity contribution in [2.75, 3.05) is 11.9 Å². The Kier molecular flexibility index (Phi) is 6.41. The molecule has 0 aliphatic heterocycles. The lowest BCUT2D eigenvalue weighted by atomic mass is 10.0. The Morgan fingerprint density at radius 1 is 1.09 bits per heavy atom. The highest BCUT2D eigenvalue weighted by Gasteiger charge is 2.32. The molecular weight excluding hydrogens is 451 g/mol. The number of rotatable bonds is 7. The number of nitrogens with zero attached hydrogens (tertiary/aromatic N) is 3. The quantitative estimate of drug-likeness (QED) is 0.483. The van der Waals surface area contributed by atoms with Crippen LogP contribution in [0, 0.1) is 6.92 Å². The van der Waals surface area contributed by atoms with E-state index in [-0.39, 0.29) is 11.0 Å². The molecule has 2 heterocycles. The maximum Gasteiger partial charge on any atom is 0.433 e. The minimum atomic E-state index is -4.61. The SMILES string of the molecule is Cc1cc(Nc2nccc(C(F)(F)F)n2)cc(-c2ccc(S(=O)(=O)NCC(=O)O)nc2)c1. The van der Waals surface area contributed by atoms with Gasteiger partial charge >= 0.3 is 12.1 Å². The minimum absolute atomic E-state index is 0.236. The molecule has 0 spiro atoms. The molecule has 0 saturated carbocycles. The van der Waals surface area contributed by atoms with Crippen molar-refractivity contribution in [2.24, 2.45) is 0 Å². The fraction of sp³-hybridized carbons (Fsp3) is 0.158. The summed E-state index contributed by atoms with van der Waals surface area (Å²) in [4.78, 5) is 21.7. The standard InChI is InChI=1S/C19H16F3N5O4S/c1-11-6-13(12-2-3-16(24-9-12)32(30,31)25-10-17(28)29)8-14(7-11)26-18-23-5-4-15(27-18)19(20,21)22/h2-9,25H,10H2,1H3,(H,28,29)(H,23,26,27). The van der Waals surface area contributed by atoms with E-state index >= 15 is 0 Å². The third kappa shape index (κ3) is 5.76. The predicted octanol–water partition coefficient (Wildman–Crippen LogP) is 2.97. The van der Waals surface area contributed by atoms with Gasteiger partial charge in [0.15, 0.2) is 5.03 Å². The third-order valence-electron chi connectivity index (χ3n) is 4.04. The number of aromatic nitrogens is 3. The van der Waals surface area contributed by atoms with E-state index in [0.717, 1.165) is 17.8 Å². The lowest BCUT2D eigenvalue weighted by Crippen LogP contribution is -2.29. The molecule has 0 saturated heterocycles. The fourth-order valence-electron chi connectivity index (χ4n) is 2.67. The van der Waals surface area contributed by atoms with Crippen LogP contribution in [0.5, 0.6) is 0 Å². The van der Waals surface area contributed by atoms with E-state index in [9.17, 15) is 26.4 Å². The summed E-state index contributed by atoms with van der Waals surface area (Å²) in [7, 11) is -4.09. The average Bonchev–Trinajstić information content (AvgIpc) is 2.72. The summed E-state index contributed by atoms with van der Waals surface area (Å²) in [6, 6.07) is 8.51. The van der Waals surface area contributed by atoms with Crippen molar-refractivity contribution in [2.45, 2.75) is 18.1 Å². The molecule has 0 aliphatic rings. The lowest BCUT2D eigenvalue weighted by molar-refractivity contribution is -0.141. The Morgan fingerprint density at radius 2 is 1.84 bits per heavy atom. The number of benzene rings is 1.